The molecule has 1 aliphatic heterocycles. The van der Waals surface area contributed by atoms with Gasteiger partial charge in [0, 0.05) is 18.8 Å². The van der Waals surface area contributed by atoms with Crippen LogP contribution in [-0.2, 0) is 16.1 Å². The Morgan fingerprint density at radius 1 is 1.55 bits per heavy atom. The Morgan fingerprint density at radius 2 is 2.30 bits per heavy atom. The van der Waals surface area contributed by atoms with Crippen LogP contribution in [0.4, 0.5) is 8.78 Å². The van der Waals surface area contributed by atoms with Gasteiger partial charge in [-0.1, -0.05) is 11.6 Å². The number of ether oxygens (including phenoxy) is 1. The summed E-state index contributed by atoms with van der Waals surface area (Å²) in [5.74, 6) is -0.522. The van der Waals surface area contributed by atoms with Gasteiger partial charge in [-0.2, -0.15) is 0 Å². The van der Waals surface area contributed by atoms with Gasteiger partial charge in [0.05, 0.1) is 17.3 Å². The Labute approximate surface area is 127 Å². The number of pyridine rings is 1. The molecule has 0 N–H and O–H groups in total. The van der Waals surface area contributed by atoms with Crippen LogP contribution in [-0.4, -0.2) is 35.4 Å². The van der Waals surface area contributed by atoms with E-state index in [-0.39, 0.29) is 13.2 Å². The summed E-state index contributed by atoms with van der Waals surface area (Å²) in [6.45, 7) is -0.313. The average Bonchev–Trinajstić information content (AvgIpc) is 2.79. The molecule has 0 aliphatic carbocycles. The molecule has 0 unspecified atom stereocenters. The molecule has 108 valence electrons. The van der Waals surface area contributed by atoms with Crippen molar-refractivity contribution in [3.63, 3.8) is 0 Å². The fraction of sp³-hybridized carbons (Fsp3) is 0.333. The number of carbonyl (C=O) groups excluding carboxylic acids is 1. The summed E-state index contributed by atoms with van der Waals surface area (Å²) in [5.41, 5.74) is 1.09. The minimum absolute atomic E-state index is 0.00322. The minimum Gasteiger partial charge on any atom is -0.456 e. The fourth-order valence-corrected chi connectivity index (χ4v) is 2.17. The molecule has 0 spiro atoms. The third-order valence-corrected chi connectivity index (χ3v) is 3.79. The van der Waals surface area contributed by atoms with Crippen LogP contribution in [0.2, 0.25) is 5.02 Å². The maximum absolute atomic E-state index is 12.6. The molecule has 0 bridgehead atoms. The number of alkyl halides is 2. The van der Waals surface area contributed by atoms with Crippen molar-refractivity contribution in [2.45, 2.75) is 13.0 Å². The minimum atomic E-state index is -2.52. The predicted molar refractivity (Wildman–Crippen MR) is 72.4 cm³/mol. The quantitative estimate of drug-likeness (QED) is 0.593. The molecule has 0 amide bonds. The maximum atomic E-state index is 12.6. The van der Waals surface area contributed by atoms with Crippen molar-refractivity contribution in [2.24, 2.45) is 0 Å². The van der Waals surface area contributed by atoms with Gasteiger partial charge in [0.2, 0.25) is 0 Å². The highest BCUT2D eigenvalue weighted by atomic mass is 79.9. The largest absolute Gasteiger partial charge is 0.456 e. The van der Waals surface area contributed by atoms with Crippen LogP contribution in [0.1, 0.15) is 5.56 Å². The molecule has 0 fully saturated rings. The molecule has 2 heterocycles. The first-order valence-corrected chi connectivity index (χ1v) is 6.83. The summed E-state index contributed by atoms with van der Waals surface area (Å²) in [6.07, 6.45) is 0.230. The molecule has 8 heteroatoms. The molecule has 1 aromatic heterocycles. The Kier molecular flexibility index (Phi) is 4.93. The summed E-state index contributed by atoms with van der Waals surface area (Å²) in [6, 6.07) is 1.63. The summed E-state index contributed by atoms with van der Waals surface area (Å²) in [4.78, 5) is 16.4. The van der Waals surface area contributed by atoms with Crippen LogP contribution in [0.5, 0.6) is 0 Å². The highest BCUT2D eigenvalue weighted by Gasteiger charge is 2.22. The van der Waals surface area contributed by atoms with Gasteiger partial charge < -0.3 is 9.64 Å². The number of cyclic esters (lactones) is 1. The van der Waals surface area contributed by atoms with Gasteiger partial charge in [-0.15, -0.1) is 0 Å². The number of hydrogen-bond acceptors (Lipinski definition) is 4. The van der Waals surface area contributed by atoms with Crippen molar-refractivity contribution in [3.8, 4) is 0 Å². The van der Waals surface area contributed by atoms with Gasteiger partial charge in [0.25, 0.3) is 6.43 Å². The van der Waals surface area contributed by atoms with E-state index in [2.05, 4.69) is 20.9 Å². The summed E-state index contributed by atoms with van der Waals surface area (Å²) in [7, 11) is 0. The van der Waals surface area contributed by atoms with Crippen LogP contribution < -0.4 is 0 Å². The van der Waals surface area contributed by atoms with Crippen molar-refractivity contribution in [3.05, 3.63) is 39.2 Å². The third kappa shape index (κ3) is 3.89. The lowest BCUT2D eigenvalue weighted by Gasteiger charge is -2.24. The van der Waals surface area contributed by atoms with E-state index < -0.39 is 18.9 Å². The van der Waals surface area contributed by atoms with E-state index in [4.69, 9.17) is 16.3 Å². The highest BCUT2D eigenvalue weighted by Crippen LogP contribution is 2.23. The predicted octanol–water partition coefficient (Wildman–Crippen LogP) is 3.01. The van der Waals surface area contributed by atoms with Gasteiger partial charge in [-0.3, -0.25) is 0 Å². The molecular formula is C12H10BrClF2N2O2. The van der Waals surface area contributed by atoms with Crippen molar-refractivity contribution < 1.29 is 18.3 Å². The van der Waals surface area contributed by atoms with E-state index >= 15 is 0 Å². The molecule has 1 aliphatic rings. The third-order valence-electron chi connectivity index (χ3n) is 2.64. The zero-order valence-electron chi connectivity index (χ0n) is 10.2. The van der Waals surface area contributed by atoms with Gasteiger partial charge in [-0.25, -0.2) is 18.6 Å². The smallest absolute Gasteiger partial charge is 0.333 e. The normalized spacial score (nSPS) is 14.4. The second-order valence-corrected chi connectivity index (χ2v) is 5.29. The van der Waals surface area contributed by atoms with Crippen LogP contribution in [0.25, 0.3) is 0 Å². The fourth-order valence-electron chi connectivity index (χ4n) is 1.76. The molecule has 1 aromatic rings. The molecule has 0 aromatic carbocycles. The number of nitrogens with zero attached hydrogens (tertiary/aromatic N) is 2. The summed E-state index contributed by atoms with van der Waals surface area (Å²) >= 11 is 9.07. The lowest BCUT2D eigenvalue weighted by Crippen LogP contribution is -2.28. The van der Waals surface area contributed by atoms with E-state index in [1.54, 1.807) is 6.07 Å². The second-order valence-electron chi connectivity index (χ2n) is 4.13. The van der Waals surface area contributed by atoms with Crippen molar-refractivity contribution in [1.29, 1.82) is 0 Å². The van der Waals surface area contributed by atoms with E-state index in [1.165, 1.54) is 17.2 Å². The van der Waals surface area contributed by atoms with Crippen molar-refractivity contribution in [1.82, 2.24) is 9.88 Å². The molecule has 0 atom stereocenters. The topological polar surface area (TPSA) is 42.4 Å². The number of rotatable bonds is 5. The molecular weight excluding hydrogens is 357 g/mol. The number of halogens is 4. The Bertz CT molecular complexity index is 554. The standard InChI is InChI=1S/C12H10BrClF2N2O2/c13-12-9(14)1-7(3-17-12)4-18(5-10(15)16)8-2-11(19)20-6-8/h1-3,10H,4-6H2. The van der Waals surface area contributed by atoms with Crippen molar-refractivity contribution >= 4 is 33.5 Å². The van der Waals surface area contributed by atoms with E-state index in [0.717, 1.165) is 0 Å². The van der Waals surface area contributed by atoms with Gasteiger partial charge in [-0.05, 0) is 27.6 Å². The Morgan fingerprint density at radius 3 is 2.85 bits per heavy atom. The van der Waals surface area contributed by atoms with Crippen molar-refractivity contribution in [2.75, 3.05) is 13.2 Å². The monoisotopic (exact) mass is 366 g/mol. The zero-order valence-corrected chi connectivity index (χ0v) is 12.5. The molecule has 4 nitrogen and oxygen atoms in total. The average molecular weight is 368 g/mol. The summed E-state index contributed by atoms with van der Waals surface area (Å²) < 4.78 is 30.5. The lowest BCUT2D eigenvalue weighted by atomic mass is 10.2. The number of carbonyl (C=O) groups is 1. The first-order valence-electron chi connectivity index (χ1n) is 5.66. The molecule has 2 rings (SSSR count). The van der Waals surface area contributed by atoms with Gasteiger partial charge >= 0.3 is 5.97 Å². The summed E-state index contributed by atoms with van der Waals surface area (Å²) in [5, 5.41) is 0.396. The van der Waals surface area contributed by atoms with Gasteiger partial charge in [0.1, 0.15) is 11.2 Å². The zero-order chi connectivity index (χ0) is 14.7. The number of hydrogen-bond donors (Lipinski definition) is 0. The van der Waals surface area contributed by atoms with Gasteiger partial charge in [0.15, 0.2) is 0 Å². The van der Waals surface area contributed by atoms with Crippen LogP contribution in [0.15, 0.2) is 28.6 Å². The maximum Gasteiger partial charge on any atom is 0.333 e. The lowest BCUT2D eigenvalue weighted by molar-refractivity contribution is -0.135. The Hall–Kier alpha value is -1.21. The van der Waals surface area contributed by atoms with Crippen LogP contribution in [0.3, 0.4) is 0 Å². The Balaban J connectivity index is 2.17. The van der Waals surface area contributed by atoms with Crippen LogP contribution >= 0.6 is 27.5 Å². The van der Waals surface area contributed by atoms with Crippen LogP contribution in [0, 0.1) is 0 Å². The first kappa shape index (κ1) is 15.2. The highest BCUT2D eigenvalue weighted by molar-refractivity contribution is 9.10. The number of aromatic nitrogens is 1. The van der Waals surface area contributed by atoms with E-state index in [9.17, 15) is 13.6 Å². The SMILES string of the molecule is O=C1C=C(N(Cc2cnc(Br)c(Cl)c2)CC(F)F)CO1. The van der Waals surface area contributed by atoms with E-state index in [1.807, 2.05) is 0 Å². The first-order chi connectivity index (χ1) is 9.45. The molecule has 0 radical (unpaired) electrons. The number of esters is 1. The molecule has 0 saturated carbocycles. The van der Waals surface area contributed by atoms with E-state index in [0.29, 0.717) is 20.9 Å². The second kappa shape index (κ2) is 6.49. The molecule has 0 saturated heterocycles. The molecule has 20 heavy (non-hydrogen) atoms.